The van der Waals surface area contributed by atoms with Crippen molar-refractivity contribution in [3.8, 4) is 0 Å². The molecular formula is C38H43N. The van der Waals surface area contributed by atoms with Gasteiger partial charge in [-0.15, -0.1) is 0 Å². The molecular weight excluding hydrogens is 470 g/mol. The van der Waals surface area contributed by atoms with Crippen molar-refractivity contribution in [2.24, 2.45) is 0 Å². The summed E-state index contributed by atoms with van der Waals surface area (Å²) in [6, 6.07) is 38.6. The molecule has 0 saturated heterocycles. The van der Waals surface area contributed by atoms with Crippen LogP contribution in [0.25, 0.3) is 21.5 Å². The van der Waals surface area contributed by atoms with Crippen molar-refractivity contribution >= 4 is 38.6 Å². The highest BCUT2D eigenvalue weighted by Gasteiger charge is 2.18. The SMILES string of the molecule is CCCCCCc1ccc(N(c2ccc(CCCCCC)cc2)c2c3ccccc3cc3ccccc23)cc1. The van der Waals surface area contributed by atoms with E-state index >= 15 is 0 Å². The maximum Gasteiger partial charge on any atom is 0.0618 e. The Balaban J connectivity index is 1.57. The van der Waals surface area contributed by atoms with Crippen LogP contribution in [0.5, 0.6) is 0 Å². The van der Waals surface area contributed by atoms with Crippen LogP contribution < -0.4 is 4.90 Å². The zero-order valence-electron chi connectivity index (χ0n) is 23.8. The number of hydrogen-bond donors (Lipinski definition) is 0. The molecule has 5 aromatic rings. The van der Waals surface area contributed by atoms with Crippen molar-refractivity contribution in [3.05, 3.63) is 114 Å². The van der Waals surface area contributed by atoms with Crippen LogP contribution in [0.4, 0.5) is 17.1 Å². The standard InChI is InChI=1S/C38H43N/c1-3-5-7-9-15-30-21-25-34(26-22-30)39(35-27-23-31(24-28-35)16-10-8-6-4-2)38-36-19-13-11-17-32(36)29-33-18-12-14-20-37(33)38/h11-14,17-29H,3-10,15-16H2,1-2H3. The Morgan fingerprint density at radius 3 is 1.33 bits per heavy atom. The first-order valence-corrected chi connectivity index (χ1v) is 15.2. The van der Waals surface area contributed by atoms with E-state index in [-0.39, 0.29) is 0 Å². The van der Waals surface area contributed by atoms with E-state index in [1.807, 2.05) is 0 Å². The predicted molar refractivity (Wildman–Crippen MR) is 172 cm³/mol. The van der Waals surface area contributed by atoms with Gasteiger partial charge < -0.3 is 4.90 Å². The van der Waals surface area contributed by atoms with E-state index in [2.05, 4.69) is 122 Å². The average molecular weight is 514 g/mol. The molecule has 0 unspecified atom stereocenters. The van der Waals surface area contributed by atoms with Gasteiger partial charge in [0.05, 0.1) is 5.69 Å². The third-order valence-corrected chi connectivity index (χ3v) is 7.99. The normalized spacial score (nSPS) is 11.3. The smallest absolute Gasteiger partial charge is 0.0618 e. The molecule has 200 valence electrons. The first-order valence-electron chi connectivity index (χ1n) is 15.2. The van der Waals surface area contributed by atoms with Crippen molar-refractivity contribution in [3.63, 3.8) is 0 Å². The Labute approximate surface area is 235 Å². The van der Waals surface area contributed by atoms with Crippen molar-refractivity contribution in [2.45, 2.75) is 78.1 Å². The molecule has 1 heteroatoms. The lowest BCUT2D eigenvalue weighted by Gasteiger charge is -2.29. The van der Waals surface area contributed by atoms with Crippen LogP contribution in [0.3, 0.4) is 0 Å². The van der Waals surface area contributed by atoms with Gasteiger partial charge >= 0.3 is 0 Å². The maximum absolute atomic E-state index is 2.48. The van der Waals surface area contributed by atoms with Gasteiger partial charge in [0.1, 0.15) is 0 Å². The molecule has 0 aliphatic rings. The van der Waals surface area contributed by atoms with E-state index in [1.54, 1.807) is 0 Å². The molecule has 0 heterocycles. The number of rotatable bonds is 13. The minimum Gasteiger partial charge on any atom is -0.309 e. The number of fused-ring (bicyclic) bond motifs is 2. The summed E-state index contributed by atoms with van der Waals surface area (Å²) in [4.78, 5) is 2.48. The molecule has 0 fully saturated rings. The lowest BCUT2D eigenvalue weighted by atomic mass is 9.98. The fraction of sp³-hybridized carbons (Fsp3) is 0.316. The highest BCUT2D eigenvalue weighted by Crippen LogP contribution is 2.43. The molecule has 39 heavy (non-hydrogen) atoms. The van der Waals surface area contributed by atoms with Crippen LogP contribution in [-0.2, 0) is 12.8 Å². The van der Waals surface area contributed by atoms with E-state index in [0.717, 1.165) is 12.8 Å². The zero-order valence-corrected chi connectivity index (χ0v) is 23.8. The Kier molecular flexibility index (Phi) is 9.33. The largest absolute Gasteiger partial charge is 0.309 e. The molecule has 1 nitrogen and oxygen atoms in total. The van der Waals surface area contributed by atoms with Gasteiger partial charge in [0.25, 0.3) is 0 Å². The molecule has 5 aromatic carbocycles. The summed E-state index contributed by atoms with van der Waals surface area (Å²) in [7, 11) is 0. The Hall–Kier alpha value is -3.58. The van der Waals surface area contributed by atoms with Crippen LogP contribution >= 0.6 is 0 Å². The third-order valence-electron chi connectivity index (χ3n) is 7.99. The van der Waals surface area contributed by atoms with Gasteiger partial charge in [-0.1, -0.05) is 125 Å². The first-order chi connectivity index (χ1) is 19.3. The van der Waals surface area contributed by atoms with Gasteiger partial charge in [-0.25, -0.2) is 0 Å². The monoisotopic (exact) mass is 513 g/mol. The highest BCUT2D eigenvalue weighted by atomic mass is 15.1. The maximum atomic E-state index is 2.48. The highest BCUT2D eigenvalue weighted by molar-refractivity contribution is 6.14. The number of nitrogens with zero attached hydrogens (tertiary/aromatic N) is 1. The van der Waals surface area contributed by atoms with Crippen molar-refractivity contribution in [2.75, 3.05) is 4.90 Å². The lowest BCUT2D eigenvalue weighted by molar-refractivity contribution is 0.667. The van der Waals surface area contributed by atoms with Crippen LogP contribution in [0, 0.1) is 0 Å². The van der Waals surface area contributed by atoms with E-state index < -0.39 is 0 Å². The molecule has 0 atom stereocenters. The molecule has 0 N–H and O–H groups in total. The minimum atomic E-state index is 1.16. The van der Waals surface area contributed by atoms with Crippen LogP contribution in [0.1, 0.15) is 76.3 Å². The Morgan fingerprint density at radius 2 is 0.897 bits per heavy atom. The fourth-order valence-electron chi connectivity index (χ4n) is 5.77. The molecule has 0 spiro atoms. The van der Waals surface area contributed by atoms with E-state index in [9.17, 15) is 0 Å². The van der Waals surface area contributed by atoms with E-state index in [1.165, 1.54) is 101 Å². The molecule has 0 bridgehead atoms. The summed E-state index contributed by atoms with van der Waals surface area (Å²) in [6.07, 6.45) is 12.7. The van der Waals surface area contributed by atoms with Crippen LogP contribution in [0.15, 0.2) is 103 Å². The number of hydrogen-bond acceptors (Lipinski definition) is 1. The molecule has 0 amide bonds. The summed E-state index contributed by atoms with van der Waals surface area (Å²) in [5.41, 5.74) is 6.55. The van der Waals surface area contributed by atoms with E-state index in [0.29, 0.717) is 0 Å². The Morgan fingerprint density at radius 1 is 0.462 bits per heavy atom. The minimum absolute atomic E-state index is 1.16. The van der Waals surface area contributed by atoms with Gasteiger partial charge in [-0.2, -0.15) is 0 Å². The summed E-state index contributed by atoms with van der Waals surface area (Å²) in [6.45, 7) is 4.55. The lowest BCUT2D eigenvalue weighted by Crippen LogP contribution is -2.11. The van der Waals surface area contributed by atoms with Gasteiger partial charge in [0.15, 0.2) is 0 Å². The van der Waals surface area contributed by atoms with Gasteiger partial charge in [-0.05, 0) is 77.9 Å². The quantitative estimate of drug-likeness (QED) is 0.112. The molecule has 0 saturated carbocycles. The second-order valence-electron chi connectivity index (χ2n) is 11.0. The Bertz CT molecular complexity index is 1350. The number of aryl methyl sites for hydroxylation is 2. The van der Waals surface area contributed by atoms with Crippen LogP contribution in [-0.4, -0.2) is 0 Å². The van der Waals surface area contributed by atoms with Gasteiger partial charge in [0.2, 0.25) is 0 Å². The van der Waals surface area contributed by atoms with Gasteiger partial charge in [0, 0.05) is 22.1 Å². The first kappa shape index (κ1) is 27.0. The number of unbranched alkanes of at least 4 members (excludes halogenated alkanes) is 6. The summed E-state index contributed by atoms with van der Waals surface area (Å²) < 4.78 is 0. The molecule has 0 aliphatic carbocycles. The topological polar surface area (TPSA) is 3.24 Å². The number of benzene rings is 5. The van der Waals surface area contributed by atoms with Gasteiger partial charge in [-0.3, -0.25) is 0 Å². The summed E-state index contributed by atoms with van der Waals surface area (Å²) >= 11 is 0. The third kappa shape index (κ3) is 6.53. The summed E-state index contributed by atoms with van der Waals surface area (Å²) in [5.74, 6) is 0. The van der Waals surface area contributed by atoms with Crippen LogP contribution in [0.2, 0.25) is 0 Å². The van der Waals surface area contributed by atoms with E-state index in [4.69, 9.17) is 0 Å². The molecule has 0 aromatic heterocycles. The van der Waals surface area contributed by atoms with Crippen molar-refractivity contribution < 1.29 is 0 Å². The van der Waals surface area contributed by atoms with Crippen molar-refractivity contribution in [1.82, 2.24) is 0 Å². The molecule has 0 radical (unpaired) electrons. The number of anilines is 3. The predicted octanol–water partition coefficient (Wildman–Crippen LogP) is 11.7. The fourth-order valence-corrected chi connectivity index (χ4v) is 5.77. The average Bonchev–Trinajstić information content (AvgIpc) is 2.99. The molecule has 5 rings (SSSR count). The second kappa shape index (κ2) is 13.5. The molecule has 0 aliphatic heterocycles. The summed E-state index contributed by atoms with van der Waals surface area (Å²) in [5, 5.41) is 5.11. The zero-order chi connectivity index (χ0) is 26.9. The van der Waals surface area contributed by atoms with Crippen molar-refractivity contribution in [1.29, 1.82) is 0 Å². The second-order valence-corrected chi connectivity index (χ2v) is 11.0.